The normalized spacial score (nSPS) is 11.5. The first-order chi connectivity index (χ1) is 8.92. The van der Waals surface area contributed by atoms with Crippen molar-refractivity contribution in [3.8, 4) is 0 Å². The van der Waals surface area contributed by atoms with E-state index in [0.29, 0.717) is 4.88 Å². The van der Waals surface area contributed by atoms with Crippen molar-refractivity contribution in [1.29, 1.82) is 0 Å². The van der Waals surface area contributed by atoms with Crippen molar-refractivity contribution in [3.63, 3.8) is 0 Å². The Balaban J connectivity index is 2.34. The number of nitrogens with one attached hydrogen (secondary N) is 2. The second-order valence-corrected chi connectivity index (χ2v) is 6.74. The Kier molecular flexibility index (Phi) is 3.69. The van der Waals surface area contributed by atoms with Gasteiger partial charge in [-0.25, -0.2) is 13.5 Å². The number of anilines is 1. The molecular formula is C10H12N4O3S2. The third-order valence-electron chi connectivity index (χ3n) is 2.33. The minimum atomic E-state index is -3.73. The van der Waals surface area contributed by atoms with Crippen LogP contribution in [0, 0.1) is 6.92 Å². The summed E-state index contributed by atoms with van der Waals surface area (Å²) in [4.78, 5) is 12.5. The van der Waals surface area contributed by atoms with Crippen molar-refractivity contribution >= 4 is 27.2 Å². The molecule has 0 atom stereocenters. The van der Waals surface area contributed by atoms with Gasteiger partial charge in [0.25, 0.3) is 15.6 Å². The first-order valence-electron chi connectivity index (χ1n) is 5.30. The maximum atomic E-state index is 12.2. The molecule has 2 rings (SSSR count). The van der Waals surface area contributed by atoms with Crippen LogP contribution in [0.2, 0.25) is 0 Å². The number of hydrogen-bond donors (Lipinski definition) is 3. The molecule has 4 N–H and O–H groups in total. The van der Waals surface area contributed by atoms with Crippen LogP contribution in [-0.4, -0.2) is 18.6 Å². The largest absolute Gasteiger partial charge is 0.326 e. The summed E-state index contributed by atoms with van der Waals surface area (Å²) in [7, 11) is -3.73. The van der Waals surface area contributed by atoms with Crippen LogP contribution in [0.1, 0.15) is 9.75 Å². The predicted molar refractivity (Wildman–Crippen MR) is 72.6 cm³/mol. The fourth-order valence-electron chi connectivity index (χ4n) is 1.49. The summed E-state index contributed by atoms with van der Waals surface area (Å²) in [5, 5.41) is 5.75. The molecule has 0 unspecified atom stereocenters. The van der Waals surface area contributed by atoms with Gasteiger partial charge in [-0.3, -0.25) is 9.52 Å². The van der Waals surface area contributed by atoms with Crippen LogP contribution < -0.4 is 16.0 Å². The highest BCUT2D eigenvalue weighted by Gasteiger charge is 2.20. The summed E-state index contributed by atoms with van der Waals surface area (Å²) in [6, 6.07) is 4.02. The van der Waals surface area contributed by atoms with Crippen molar-refractivity contribution in [3.05, 3.63) is 38.3 Å². The van der Waals surface area contributed by atoms with E-state index in [4.69, 9.17) is 5.73 Å². The number of aromatic amines is 1. The molecule has 0 radical (unpaired) electrons. The quantitative estimate of drug-likeness (QED) is 0.755. The lowest BCUT2D eigenvalue weighted by Crippen LogP contribution is -2.16. The summed E-state index contributed by atoms with van der Waals surface area (Å²) in [5.74, 6) is 0.0551. The maximum absolute atomic E-state index is 12.2. The summed E-state index contributed by atoms with van der Waals surface area (Å²) >= 11 is 1.33. The number of nitrogens with two attached hydrogens (primary N) is 1. The zero-order valence-electron chi connectivity index (χ0n) is 10.0. The highest BCUT2D eigenvalue weighted by atomic mass is 32.2. The fraction of sp³-hybridized carbons (Fsp3) is 0.200. The van der Waals surface area contributed by atoms with Gasteiger partial charge in [-0.1, -0.05) is 0 Å². The van der Waals surface area contributed by atoms with Gasteiger partial charge in [-0.2, -0.15) is 5.10 Å². The minimum absolute atomic E-state index is 0.0551. The van der Waals surface area contributed by atoms with Gasteiger partial charge in [0.1, 0.15) is 4.90 Å². The van der Waals surface area contributed by atoms with Gasteiger partial charge >= 0.3 is 0 Å². The summed E-state index contributed by atoms with van der Waals surface area (Å²) in [5.41, 5.74) is 5.08. The zero-order valence-corrected chi connectivity index (χ0v) is 11.6. The molecule has 0 fully saturated rings. The van der Waals surface area contributed by atoms with Gasteiger partial charge in [-0.15, -0.1) is 11.3 Å². The average molecular weight is 300 g/mol. The van der Waals surface area contributed by atoms with Gasteiger partial charge in [-0.05, 0) is 19.1 Å². The molecular weight excluding hydrogens is 288 g/mol. The van der Waals surface area contributed by atoms with Gasteiger partial charge in [0.2, 0.25) is 0 Å². The van der Waals surface area contributed by atoms with Crippen molar-refractivity contribution in [1.82, 2.24) is 10.2 Å². The molecule has 2 aromatic heterocycles. The lowest BCUT2D eigenvalue weighted by Gasteiger charge is -2.05. The molecule has 0 spiro atoms. The molecule has 0 amide bonds. The van der Waals surface area contributed by atoms with Crippen LogP contribution in [0.4, 0.5) is 5.82 Å². The number of nitrogens with zero attached hydrogens (tertiary/aromatic N) is 1. The van der Waals surface area contributed by atoms with Crippen molar-refractivity contribution in [2.75, 3.05) is 4.72 Å². The third-order valence-corrected chi connectivity index (χ3v) is 5.01. The number of H-pyrrole nitrogens is 1. The highest BCUT2D eigenvalue weighted by Crippen LogP contribution is 2.26. The van der Waals surface area contributed by atoms with Crippen molar-refractivity contribution in [2.45, 2.75) is 18.4 Å². The van der Waals surface area contributed by atoms with Gasteiger partial charge < -0.3 is 5.73 Å². The van der Waals surface area contributed by atoms with E-state index in [2.05, 4.69) is 14.9 Å². The molecule has 2 heterocycles. The Labute approximate surface area is 113 Å². The van der Waals surface area contributed by atoms with Crippen LogP contribution in [0.5, 0.6) is 0 Å². The Morgan fingerprint density at radius 2 is 2.21 bits per heavy atom. The third kappa shape index (κ3) is 3.00. The molecule has 0 aliphatic carbocycles. The molecule has 19 heavy (non-hydrogen) atoms. The van der Waals surface area contributed by atoms with Gasteiger partial charge in [0.05, 0.1) is 0 Å². The lowest BCUT2D eigenvalue weighted by molar-refractivity contribution is 0.600. The van der Waals surface area contributed by atoms with E-state index >= 15 is 0 Å². The van der Waals surface area contributed by atoms with Crippen LogP contribution in [-0.2, 0) is 16.6 Å². The Bertz CT molecular complexity index is 728. The Hall–Kier alpha value is -1.71. The van der Waals surface area contributed by atoms with E-state index in [9.17, 15) is 13.2 Å². The van der Waals surface area contributed by atoms with Gasteiger partial charge in [0, 0.05) is 22.4 Å². The summed E-state index contributed by atoms with van der Waals surface area (Å²) < 4.78 is 26.6. The van der Waals surface area contributed by atoms with Crippen LogP contribution in [0.25, 0.3) is 0 Å². The van der Waals surface area contributed by atoms with Crippen molar-refractivity contribution in [2.24, 2.45) is 5.73 Å². The standard InChI is InChI=1S/C10H12N4O3S2/c1-6-8(4-7(5-11)18-6)19(16,17)14-9-2-3-10(15)13-12-9/h2-4H,5,11H2,1H3,(H,12,14)(H,13,15). The lowest BCUT2D eigenvalue weighted by atomic mass is 10.4. The molecule has 9 heteroatoms. The minimum Gasteiger partial charge on any atom is -0.326 e. The molecule has 7 nitrogen and oxygen atoms in total. The molecule has 0 bridgehead atoms. The number of aromatic nitrogens is 2. The maximum Gasteiger partial charge on any atom is 0.264 e. The molecule has 0 saturated carbocycles. The van der Waals surface area contributed by atoms with Crippen molar-refractivity contribution < 1.29 is 8.42 Å². The number of aryl methyl sites for hydroxylation is 1. The van der Waals surface area contributed by atoms with E-state index in [1.54, 1.807) is 6.92 Å². The smallest absolute Gasteiger partial charge is 0.264 e. The number of rotatable bonds is 4. The number of hydrogen-bond acceptors (Lipinski definition) is 6. The Morgan fingerprint density at radius 1 is 1.47 bits per heavy atom. The second-order valence-electron chi connectivity index (χ2n) is 3.75. The zero-order chi connectivity index (χ0) is 14.0. The summed E-state index contributed by atoms with van der Waals surface area (Å²) in [6.07, 6.45) is 0. The number of sulfonamides is 1. The topological polar surface area (TPSA) is 118 Å². The molecule has 0 aromatic carbocycles. The van der Waals surface area contributed by atoms with E-state index in [1.807, 2.05) is 0 Å². The summed E-state index contributed by atoms with van der Waals surface area (Å²) in [6.45, 7) is 2.00. The first-order valence-corrected chi connectivity index (χ1v) is 7.60. The van der Waals surface area contributed by atoms with E-state index in [0.717, 1.165) is 4.88 Å². The number of thiophene rings is 1. The SMILES string of the molecule is Cc1sc(CN)cc1S(=O)(=O)Nc1ccc(=O)[nH]n1. The predicted octanol–water partition coefficient (Wildman–Crippen LogP) is 0.399. The second kappa shape index (κ2) is 5.11. The van der Waals surface area contributed by atoms with Crippen LogP contribution >= 0.6 is 11.3 Å². The Morgan fingerprint density at radius 3 is 2.74 bits per heavy atom. The molecule has 0 aliphatic rings. The molecule has 2 aromatic rings. The van der Waals surface area contributed by atoms with E-state index in [-0.39, 0.29) is 17.3 Å². The average Bonchev–Trinajstić information content (AvgIpc) is 2.74. The fourth-order valence-corrected chi connectivity index (χ4v) is 4.00. The first kappa shape index (κ1) is 13.7. The van der Waals surface area contributed by atoms with Crippen LogP contribution in [0.15, 0.2) is 27.9 Å². The van der Waals surface area contributed by atoms with Gasteiger partial charge in [0.15, 0.2) is 5.82 Å². The van der Waals surface area contributed by atoms with Crippen LogP contribution in [0.3, 0.4) is 0 Å². The van der Waals surface area contributed by atoms with E-state index in [1.165, 1.54) is 29.5 Å². The van der Waals surface area contributed by atoms with E-state index < -0.39 is 15.6 Å². The molecule has 102 valence electrons. The monoisotopic (exact) mass is 300 g/mol. The molecule has 0 saturated heterocycles. The molecule has 0 aliphatic heterocycles. The highest BCUT2D eigenvalue weighted by molar-refractivity contribution is 7.93.